The molecule has 45 heavy (non-hydrogen) atoms. The Labute approximate surface area is 260 Å². The van der Waals surface area contributed by atoms with Crippen LogP contribution >= 0.6 is 0 Å². The number of benzene rings is 3. The van der Waals surface area contributed by atoms with E-state index >= 15 is 0 Å². The third-order valence-electron chi connectivity index (χ3n) is 7.54. The van der Waals surface area contributed by atoms with Crippen LogP contribution in [0.2, 0.25) is 0 Å². The zero-order valence-electron chi connectivity index (χ0n) is 25.3. The number of nitrogens with zero attached hydrogens (tertiary/aromatic N) is 2. The largest absolute Gasteiger partial charge is 0.465 e. The highest BCUT2D eigenvalue weighted by atomic mass is 19.4. The van der Waals surface area contributed by atoms with E-state index < -0.39 is 29.7 Å². The van der Waals surface area contributed by atoms with Crippen LogP contribution in [0.5, 0.6) is 11.5 Å². The molecule has 0 radical (unpaired) electrons. The molecular formula is C33H38F3N5O4. The van der Waals surface area contributed by atoms with Gasteiger partial charge in [0, 0.05) is 29.4 Å². The predicted octanol–water partition coefficient (Wildman–Crippen LogP) is 5.55. The number of halogens is 3. The molecule has 0 aliphatic carbocycles. The number of alkyl halides is 3. The van der Waals surface area contributed by atoms with E-state index in [1.165, 1.54) is 12.1 Å². The van der Waals surface area contributed by atoms with E-state index in [1.807, 2.05) is 12.1 Å². The van der Waals surface area contributed by atoms with Gasteiger partial charge in [-0.2, -0.15) is 13.2 Å². The average Bonchev–Trinajstić information content (AvgIpc) is 3.01. The van der Waals surface area contributed by atoms with E-state index in [4.69, 9.17) is 20.9 Å². The number of rotatable bonds is 10. The smallest absolute Gasteiger partial charge is 0.416 e. The van der Waals surface area contributed by atoms with Gasteiger partial charge in [-0.15, -0.1) is 0 Å². The standard InChI is InChI=1S/C33H38F3N5O4/c1-3-44-31(43)27(37)19-22-10-12-23(13-11-22)30(42)40-32(38)39-20-26-28(41-18-5-4-7-21(41)2)8-6-9-29(26)45-25-16-14-24(15-17-25)33(34,35)36/h6,8-17,21,27H,3-5,7,18-20,37H2,1-2H3,(H3,38,39,40,42)/t21?,27-/m0/s1. The Balaban J connectivity index is 1.51. The number of aliphatic imine (C=N–C) groups is 1. The van der Waals surface area contributed by atoms with Crippen LogP contribution in [0.4, 0.5) is 18.9 Å². The number of ether oxygens (including phenoxy) is 2. The summed E-state index contributed by atoms with van der Waals surface area (Å²) in [5, 5.41) is 2.59. The molecule has 1 fully saturated rings. The SMILES string of the molecule is CCOC(=O)[C@@H](N)Cc1ccc(C(=O)NC(N)=NCc2c(Oc3ccc(C(F)(F)F)cc3)cccc2N2CCCCC2C)cc1. The van der Waals surface area contributed by atoms with Gasteiger partial charge in [-0.05, 0) is 93.6 Å². The van der Waals surface area contributed by atoms with Crippen molar-refractivity contribution < 1.29 is 32.2 Å². The topological polar surface area (TPSA) is 132 Å². The molecule has 1 saturated heterocycles. The van der Waals surface area contributed by atoms with Gasteiger partial charge in [-0.3, -0.25) is 14.9 Å². The normalized spacial score (nSPS) is 16.2. The summed E-state index contributed by atoms with van der Waals surface area (Å²) in [6.07, 6.45) is -1.05. The van der Waals surface area contributed by atoms with Gasteiger partial charge in [0.15, 0.2) is 5.96 Å². The van der Waals surface area contributed by atoms with Crippen molar-refractivity contribution in [3.63, 3.8) is 0 Å². The maximum Gasteiger partial charge on any atom is 0.416 e. The Hall–Kier alpha value is -4.58. The van der Waals surface area contributed by atoms with Gasteiger partial charge in [0.2, 0.25) is 0 Å². The molecule has 1 unspecified atom stereocenters. The number of amides is 1. The third kappa shape index (κ3) is 8.98. The minimum absolute atomic E-state index is 0.0478. The van der Waals surface area contributed by atoms with Crippen LogP contribution in [-0.2, 0) is 28.7 Å². The minimum Gasteiger partial charge on any atom is -0.465 e. The fourth-order valence-corrected chi connectivity index (χ4v) is 5.14. The molecule has 0 aromatic heterocycles. The van der Waals surface area contributed by atoms with Crippen LogP contribution in [0.15, 0.2) is 71.7 Å². The van der Waals surface area contributed by atoms with Crippen molar-refractivity contribution in [2.45, 2.75) is 64.3 Å². The Morgan fingerprint density at radius 3 is 2.42 bits per heavy atom. The molecule has 3 aromatic rings. The quantitative estimate of drug-likeness (QED) is 0.153. The fourth-order valence-electron chi connectivity index (χ4n) is 5.14. The van der Waals surface area contributed by atoms with E-state index in [-0.39, 0.29) is 37.3 Å². The van der Waals surface area contributed by atoms with Gasteiger partial charge in [0.05, 0.1) is 18.7 Å². The molecule has 240 valence electrons. The Bertz CT molecular complexity index is 1490. The highest BCUT2D eigenvalue weighted by Gasteiger charge is 2.30. The highest BCUT2D eigenvalue weighted by Crippen LogP contribution is 2.37. The lowest BCUT2D eigenvalue weighted by molar-refractivity contribution is -0.144. The first-order chi connectivity index (χ1) is 21.5. The molecule has 1 heterocycles. The van der Waals surface area contributed by atoms with E-state index in [2.05, 4.69) is 22.1 Å². The molecule has 1 aliphatic heterocycles. The summed E-state index contributed by atoms with van der Waals surface area (Å²) in [6.45, 7) is 4.96. The first-order valence-corrected chi connectivity index (χ1v) is 14.8. The maximum absolute atomic E-state index is 13.1. The Morgan fingerprint density at radius 2 is 1.78 bits per heavy atom. The summed E-state index contributed by atoms with van der Waals surface area (Å²) in [5.41, 5.74) is 13.9. The van der Waals surface area contributed by atoms with Gasteiger partial charge in [-0.25, -0.2) is 4.99 Å². The number of carbonyl (C=O) groups excluding carboxylic acids is 2. The summed E-state index contributed by atoms with van der Waals surface area (Å²) >= 11 is 0. The zero-order chi connectivity index (χ0) is 32.6. The summed E-state index contributed by atoms with van der Waals surface area (Å²) in [7, 11) is 0. The molecule has 3 aromatic carbocycles. The van der Waals surface area contributed by atoms with Crippen molar-refractivity contribution in [1.29, 1.82) is 0 Å². The molecule has 0 saturated carbocycles. The number of anilines is 1. The minimum atomic E-state index is -4.45. The lowest BCUT2D eigenvalue weighted by Gasteiger charge is -2.37. The monoisotopic (exact) mass is 625 g/mol. The molecule has 5 N–H and O–H groups in total. The summed E-state index contributed by atoms with van der Waals surface area (Å²) in [6, 6.07) is 16.0. The van der Waals surface area contributed by atoms with Crippen LogP contribution in [0.1, 0.15) is 60.2 Å². The van der Waals surface area contributed by atoms with E-state index in [0.717, 1.165) is 49.2 Å². The molecule has 4 rings (SSSR count). The van der Waals surface area contributed by atoms with Crippen molar-refractivity contribution in [1.82, 2.24) is 5.32 Å². The summed E-state index contributed by atoms with van der Waals surface area (Å²) in [5.74, 6) is -0.422. The van der Waals surface area contributed by atoms with Crippen LogP contribution in [-0.4, -0.2) is 43.1 Å². The van der Waals surface area contributed by atoms with Crippen LogP contribution in [0.3, 0.4) is 0 Å². The Kier molecular flexibility index (Phi) is 11.1. The fraction of sp³-hybridized carbons (Fsp3) is 0.364. The average molecular weight is 626 g/mol. The molecular weight excluding hydrogens is 587 g/mol. The highest BCUT2D eigenvalue weighted by molar-refractivity contribution is 6.05. The van der Waals surface area contributed by atoms with Crippen molar-refractivity contribution >= 4 is 23.5 Å². The van der Waals surface area contributed by atoms with Crippen LogP contribution in [0.25, 0.3) is 0 Å². The number of piperidine rings is 1. The first-order valence-electron chi connectivity index (χ1n) is 14.8. The second-order valence-electron chi connectivity index (χ2n) is 10.8. The van der Waals surface area contributed by atoms with E-state index in [0.29, 0.717) is 16.9 Å². The van der Waals surface area contributed by atoms with Crippen LogP contribution in [0, 0.1) is 0 Å². The molecule has 1 amide bonds. The molecule has 0 spiro atoms. The molecule has 12 heteroatoms. The van der Waals surface area contributed by atoms with E-state index in [1.54, 1.807) is 37.3 Å². The first kappa shape index (κ1) is 33.3. The molecule has 0 bridgehead atoms. The van der Waals surface area contributed by atoms with Gasteiger partial charge >= 0.3 is 12.1 Å². The number of nitrogens with one attached hydrogen (secondary N) is 1. The maximum atomic E-state index is 13.1. The number of nitrogens with two attached hydrogens (primary N) is 2. The van der Waals surface area contributed by atoms with E-state index in [9.17, 15) is 22.8 Å². The molecule has 1 aliphatic rings. The van der Waals surface area contributed by atoms with Crippen molar-refractivity contribution in [2.75, 3.05) is 18.1 Å². The number of carbonyl (C=O) groups is 2. The number of esters is 1. The second-order valence-corrected chi connectivity index (χ2v) is 10.8. The molecule has 9 nitrogen and oxygen atoms in total. The molecule has 2 atom stereocenters. The van der Waals surface area contributed by atoms with Gasteiger partial charge in [0.25, 0.3) is 5.91 Å². The van der Waals surface area contributed by atoms with Crippen LogP contribution < -0.4 is 26.4 Å². The van der Waals surface area contributed by atoms with Gasteiger partial charge < -0.3 is 25.8 Å². The number of guanidine groups is 1. The summed E-state index contributed by atoms with van der Waals surface area (Å²) in [4.78, 5) is 31.4. The predicted molar refractivity (Wildman–Crippen MR) is 166 cm³/mol. The van der Waals surface area contributed by atoms with Crippen molar-refractivity contribution in [2.24, 2.45) is 16.5 Å². The number of hydrogen-bond acceptors (Lipinski definition) is 7. The zero-order valence-corrected chi connectivity index (χ0v) is 25.3. The van der Waals surface area contributed by atoms with Gasteiger partial charge in [0.1, 0.15) is 17.5 Å². The van der Waals surface area contributed by atoms with Crippen molar-refractivity contribution in [3.8, 4) is 11.5 Å². The summed E-state index contributed by atoms with van der Waals surface area (Å²) < 4.78 is 50.2. The number of hydrogen-bond donors (Lipinski definition) is 3. The van der Waals surface area contributed by atoms with Crippen molar-refractivity contribution in [3.05, 3.63) is 89.0 Å². The Morgan fingerprint density at radius 1 is 1.07 bits per heavy atom. The second kappa shape index (κ2) is 14.9. The van der Waals surface area contributed by atoms with Gasteiger partial charge in [-0.1, -0.05) is 18.2 Å². The third-order valence-corrected chi connectivity index (χ3v) is 7.54. The lowest BCUT2D eigenvalue weighted by Crippen LogP contribution is -2.38. The lowest BCUT2D eigenvalue weighted by atomic mass is 10.0.